The van der Waals surface area contributed by atoms with E-state index in [1.165, 1.54) is 0 Å². The lowest BCUT2D eigenvalue weighted by atomic mass is 9.93. The van der Waals surface area contributed by atoms with Crippen LogP contribution in [0.15, 0.2) is 102 Å². The lowest BCUT2D eigenvalue weighted by Gasteiger charge is -2.21. The summed E-state index contributed by atoms with van der Waals surface area (Å²) in [6.45, 7) is 13.1. The average molecular weight is 630 g/mol. The molecule has 47 heavy (non-hydrogen) atoms. The molecule has 0 saturated heterocycles. The predicted octanol–water partition coefficient (Wildman–Crippen LogP) is 8.94. The average Bonchev–Trinajstić information content (AvgIpc) is 3.05. The van der Waals surface area contributed by atoms with E-state index in [1.807, 2.05) is 92.7 Å². The number of carbonyl (C=O) groups excluding carboxylic acids is 1. The van der Waals surface area contributed by atoms with Crippen LogP contribution in [0, 0.1) is 0 Å². The normalized spacial score (nSPS) is 11.1. The van der Waals surface area contributed by atoms with Crippen LogP contribution in [0.4, 0.5) is 16.2 Å². The van der Waals surface area contributed by atoms with Crippen molar-refractivity contribution >= 4 is 28.4 Å². The maximum Gasteiger partial charge on any atom is 0.323 e. The Kier molecular flexibility index (Phi) is 10.5. The Balaban J connectivity index is 1.59. The number of aromatic nitrogens is 3. The molecule has 0 atom stereocenters. The van der Waals surface area contributed by atoms with Gasteiger partial charge in [0.2, 0.25) is 0 Å². The maximum absolute atomic E-state index is 14.4. The molecule has 2 N–H and O–H groups in total. The third kappa shape index (κ3) is 7.77. The number of nitrogens with zero attached hydrogens (tertiary/aromatic N) is 3. The summed E-state index contributed by atoms with van der Waals surface area (Å²) in [7, 11) is 0. The van der Waals surface area contributed by atoms with Crippen LogP contribution < -0.4 is 20.9 Å². The van der Waals surface area contributed by atoms with Crippen LogP contribution in [0.3, 0.4) is 0 Å². The molecule has 8 nitrogen and oxygen atoms in total. The minimum Gasteiger partial charge on any atom is -0.493 e. The molecule has 0 saturated carbocycles. The van der Waals surface area contributed by atoms with Gasteiger partial charge in [-0.1, -0.05) is 75.7 Å². The number of nitrogens with one attached hydrogen (secondary N) is 2. The van der Waals surface area contributed by atoms with Crippen LogP contribution in [0.25, 0.3) is 22.2 Å². The van der Waals surface area contributed by atoms with Gasteiger partial charge >= 0.3 is 6.03 Å². The molecule has 2 aromatic carbocycles. The molecule has 0 spiro atoms. The fraction of sp³-hybridized carbons (Fsp3) is 0.282. The van der Waals surface area contributed by atoms with E-state index >= 15 is 0 Å². The molecule has 8 heteroatoms. The van der Waals surface area contributed by atoms with Gasteiger partial charge in [-0.05, 0) is 78.8 Å². The van der Waals surface area contributed by atoms with E-state index in [-0.39, 0.29) is 23.1 Å². The number of anilines is 2. The van der Waals surface area contributed by atoms with Crippen molar-refractivity contribution in [2.75, 3.05) is 17.2 Å². The molecular formula is C39H43N5O3. The van der Waals surface area contributed by atoms with Crippen LogP contribution in [0.5, 0.6) is 5.75 Å². The van der Waals surface area contributed by atoms with Crippen molar-refractivity contribution in [1.29, 1.82) is 0 Å². The van der Waals surface area contributed by atoms with E-state index in [4.69, 9.17) is 4.74 Å². The number of rotatable bonds is 11. The monoisotopic (exact) mass is 629 g/mol. The predicted molar refractivity (Wildman–Crippen MR) is 192 cm³/mol. The number of fused-ring (bicyclic) bond motifs is 1. The summed E-state index contributed by atoms with van der Waals surface area (Å²) in [6.07, 6.45) is 6.08. The summed E-state index contributed by atoms with van der Waals surface area (Å²) in [5, 5.41) is 6.83. The van der Waals surface area contributed by atoms with Crippen LogP contribution in [-0.4, -0.2) is 27.2 Å². The van der Waals surface area contributed by atoms with Gasteiger partial charge in [-0.25, -0.2) is 9.78 Å². The first-order valence-corrected chi connectivity index (χ1v) is 16.1. The third-order valence-electron chi connectivity index (χ3n) is 8.03. The van der Waals surface area contributed by atoms with Crippen LogP contribution in [0.1, 0.15) is 70.2 Å². The molecule has 3 aromatic heterocycles. The third-order valence-corrected chi connectivity index (χ3v) is 8.03. The molecule has 3 heterocycles. The summed E-state index contributed by atoms with van der Waals surface area (Å²) < 4.78 is 7.74. The van der Waals surface area contributed by atoms with Crippen molar-refractivity contribution in [3.8, 4) is 16.9 Å². The van der Waals surface area contributed by atoms with Gasteiger partial charge in [0.15, 0.2) is 0 Å². The standard InChI is InChI=1S/C39H43N5O3/c1-25(2)18-22-44-37-33(17-11-21-41-37)34(28-12-9-14-30(24-28)47-23-19-29-13-7-8-20-40-29)36(38(44)45)43-39(46)42-35-31(26(3)4)15-10-16-32(35)27(5)6/h7-18,20-21,24,26-27H,19,22-23H2,1-6H3,(H2,42,43,46). The van der Waals surface area contributed by atoms with Crippen LogP contribution in [0.2, 0.25) is 0 Å². The first kappa shape index (κ1) is 33.1. The summed E-state index contributed by atoms with van der Waals surface area (Å²) in [5.74, 6) is 1.02. The zero-order valence-electron chi connectivity index (χ0n) is 28.0. The van der Waals surface area contributed by atoms with Gasteiger partial charge in [-0.3, -0.25) is 14.3 Å². The number of para-hydroxylation sites is 1. The molecule has 0 aliphatic rings. The van der Waals surface area contributed by atoms with Crippen molar-refractivity contribution in [2.45, 2.75) is 66.3 Å². The minimum absolute atomic E-state index is 0.170. The van der Waals surface area contributed by atoms with Crippen molar-refractivity contribution in [3.63, 3.8) is 0 Å². The molecule has 0 unspecified atom stereocenters. The topological polar surface area (TPSA) is 98.1 Å². The van der Waals surface area contributed by atoms with Gasteiger partial charge in [0.1, 0.15) is 17.1 Å². The molecule has 5 rings (SSSR count). The number of hydrogen-bond donors (Lipinski definition) is 2. The second kappa shape index (κ2) is 14.9. The Morgan fingerprint density at radius 3 is 2.23 bits per heavy atom. The lowest BCUT2D eigenvalue weighted by Crippen LogP contribution is -2.30. The summed E-state index contributed by atoms with van der Waals surface area (Å²) in [6, 6.07) is 22.8. The maximum atomic E-state index is 14.4. The van der Waals surface area contributed by atoms with Gasteiger partial charge in [-0.15, -0.1) is 0 Å². The second-order valence-corrected chi connectivity index (χ2v) is 12.5. The molecular weight excluding hydrogens is 586 g/mol. The Hall–Kier alpha value is -5.24. The molecule has 5 aromatic rings. The van der Waals surface area contributed by atoms with E-state index in [9.17, 15) is 9.59 Å². The van der Waals surface area contributed by atoms with Crippen LogP contribution in [-0.2, 0) is 13.0 Å². The van der Waals surface area contributed by atoms with E-state index in [1.54, 1.807) is 17.0 Å². The van der Waals surface area contributed by atoms with Gasteiger partial charge in [0.25, 0.3) is 5.56 Å². The molecule has 242 valence electrons. The van der Waals surface area contributed by atoms with E-state index in [2.05, 4.69) is 48.3 Å². The molecule has 0 fully saturated rings. The SMILES string of the molecule is CC(C)=CCn1c(=O)c(NC(=O)Nc2c(C(C)C)cccc2C(C)C)c(-c2cccc(OCCc3ccccn3)c2)c2cccnc21. The molecule has 0 radical (unpaired) electrons. The first-order chi connectivity index (χ1) is 22.6. The Labute approximate surface area is 276 Å². The second-order valence-electron chi connectivity index (χ2n) is 12.5. The van der Waals surface area contributed by atoms with E-state index < -0.39 is 6.03 Å². The van der Waals surface area contributed by atoms with E-state index in [0.717, 1.165) is 39.0 Å². The molecule has 0 bridgehead atoms. The molecule has 0 aliphatic carbocycles. The number of amides is 2. The van der Waals surface area contributed by atoms with E-state index in [0.29, 0.717) is 36.5 Å². The largest absolute Gasteiger partial charge is 0.493 e. The Bertz CT molecular complexity index is 1930. The number of ether oxygens (including phenoxy) is 1. The quantitative estimate of drug-likeness (QED) is 0.142. The number of allylic oxidation sites excluding steroid dienone is 2. The first-order valence-electron chi connectivity index (χ1n) is 16.1. The van der Waals surface area contributed by atoms with Crippen molar-refractivity contribution in [3.05, 3.63) is 124 Å². The fourth-order valence-electron chi connectivity index (χ4n) is 5.65. The highest BCUT2D eigenvalue weighted by Gasteiger charge is 2.22. The highest BCUT2D eigenvalue weighted by molar-refractivity contribution is 6.07. The minimum atomic E-state index is -0.488. The van der Waals surface area contributed by atoms with Crippen molar-refractivity contribution in [2.24, 2.45) is 0 Å². The number of hydrogen-bond acceptors (Lipinski definition) is 5. The van der Waals surface area contributed by atoms with Gasteiger partial charge in [-0.2, -0.15) is 0 Å². The number of carbonyl (C=O) groups is 1. The number of urea groups is 1. The molecule has 0 aliphatic heterocycles. The molecule has 2 amide bonds. The number of pyridine rings is 3. The number of benzene rings is 2. The summed E-state index contributed by atoms with van der Waals surface area (Å²) in [4.78, 5) is 37.3. The van der Waals surface area contributed by atoms with Gasteiger partial charge in [0, 0.05) is 47.7 Å². The van der Waals surface area contributed by atoms with Gasteiger partial charge in [0.05, 0.1) is 6.61 Å². The summed E-state index contributed by atoms with van der Waals surface area (Å²) in [5.41, 5.74) is 6.51. The highest BCUT2D eigenvalue weighted by atomic mass is 16.5. The lowest BCUT2D eigenvalue weighted by molar-refractivity contribution is 0.262. The Morgan fingerprint density at radius 1 is 0.851 bits per heavy atom. The Morgan fingerprint density at radius 2 is 1.55 bits per heavy atom. The van der Waals surface area contributed by atoms with Gasteiger partial charge < -0.3 is 15.4 Å². The van der Waals surface area contributed by atoms with Crippen molar-refractivity contribution < 1.29 is 9.53 Å². The summed E-state index contributed by atoms with van der Waals surface area (Å²) >= 11 is 0. The zero-order chi connectivity index (χ0) is 33.5. The smallest absolute Gasteiger partial charge is 0.323 e. The highest BCUT2D eigenvalue weighted by Crippen LogP contribution is 2.36. The van der Waals surface area contributed by atoms with Crippen molar-refractivity contribution in [1.82, 2.24) is 14.5 Å². The fourth-order valence-corrected chi connectivity index (χ4v) is 5.65. The van der Waals surface area contributed by atoms with Crippen LogP contribution >= 0.6 is 0 Å². The zero-order valence-corrected chi connectivity index (χ0v) is 28.0.